The summed E-state index contributed by atoms with van der Waals surface area (Å²) in [6.45, 7) is 3.80. The van der Waals surface area contributed by atoms with Crippen molar-refractivity contribution >= 4 is 11.8 Å². The number of carbonyl (C=O) groups is 2. The van der Waals surface area contributed by atoms with E-state index in [4.69, 9.17) is 0 Å². The normalized spacial score (nSPS) is 10.3. The summed E-state index contributed by atoms with van der Waals surface area (Å²) in [6, 6.07) is 11.6. The van der Waals surface area contributed by atoms with E-state index >= 15 is 0 Å². The number of amides is 2. The number of nitrogens with one attached hydrogen (secondary N) is 1. The van der Waals surface area contributed by atoms with Gasteiger partial charge in [-0.15, -0.1) is 0 Å². The van der Waals surface area contributed by atoms with E-state index < -0.39 is 0 Å². The topological polar surface area (TPSA) is 62.3 Å². The molecule has 0 aliphatic rings. The monoisotopic (exact) mass is 311 g/mol. The highest BCUT2D eigenvalue weighted by Crippen LogP contribution is 2.19. The van der Waals surface area contributed by atoms with E-state index in [1.807, 2.05) is 37.3 Å². The van der Waals surface area contributed by atoms with Gasteiger partial charge in [0.25, 0.3) is 5.91 Å². The van der Waals surface area contributed by atoms with Gasteiger partial charge in [-0.1, -0.05) is 29.8 Å². The Morgan fingerprint density at radius 1 is 1.04 bits per heavy atom. The maximum Gasteiger partial charge on any atom is 0.253 e. The Labute approximate surface area is 136 Å². The van der Waals surface area contributed by atoms with Crippen molar-refractivity contribution < 1.29 is 9.59 Å². The van der Waals surface area contributed by atoms with Crippen LogP contribution >= 0.6 is 0 Å². The number of hydrogen-bond donors (Lipinski definition) is 1. The molecule has 0 fully saturated rings. The van der Waals surface area contributed by atoms with Crippen LogP contribution in [0.15, 0.2) is 36.4 Å². The Kier molecular flexibility index (Phi) is 5.11. The fourth-order valence-corrected chi connectivity index (χ4v) is 2.10. The molecule has 0 unspecified atom stereocenters. The summed E-state index contributed by atoms with van der Waals surface area (Å²) in [5.41, 5.74) is 4.13. The molecule has 5 heteroatoms. The molecule has 5 nitrogen and oxygen atoms in total. The van der Waals surface area contributed by atoms with Crippen molar-refractivity contribution in [3.63, 3.8) is 0 Å². The van der Waals surface area contributed by atoms with Gasteiger partial charge in [0.15, 0.2) is 0 Å². The van der Waals surface area contributed by atoms with Gasteiger partial charge in [-0.2, -0.15) is 0 Å². The van der Waals surface area contributed by atoms with Gasteiger partial charge >= 0.3 is 0 Å². The largest absolute Gasteiger partial charge is 0.347 e. The van der Waals surface area contributed by atoms with E-state index in [9.17, 15) is 9.59 Å². The number of aryl methyl sites for hydroxylation is 2. The molecule has 2 rings (SSSR count). The number of benzene rings is 1. The molecule has 0 saturated carbocycles. The molecule has 0 aliphatic heterocycles. The third-order valence-corrected chi connectivity index (χ3v) is 3.58. The Bertz CT molecular complexity index is 722. The minimum Gasteiger partial charge on any atom is -0.347 e. The Balaban J connectivity index is 2.14. The second-order valence-corrected chi connectivity index (χ2v) is 5.67. The second kappa shape index (κ2) is 7.05. The summed E-state index contributed by atoms with van der Waals surface area (Å²) in [7, 11) is 3.30. The van der Waals surface area contributed by atoms with Crippen LogP contribution < -0.4 is 5.32 Å². The summed E-state index contributed by atoms with van der Waals surface area (Å²) in [5.74, 6) is -0.444. The van der Waals surface area contributed by atoms with Crippen LogP contribution in [-0.4, -0.2) is 42.3 Å². The highest BCUT2D eigenvalue weighted by Gasteiger charge is 2.13. The van der Waals surface area contributed by atoms with E-state index in [0.29, 0.717) is 11.3 Å². The number of hydrogen-bond acceptors (Lipinski definition) is 3. The maximum absolute atomic E-state index is 12.2. The molecule has 0 radical (unpaired) electrons. The van der Waals surface area contributed by atoms with E-state index in [1.165, 1.54) is 10.5 Å². The number of nitrogens with zero attached hydrogens (tertiary/aromatic N) is 2. The van der Waals surface area contributed by atoms with Gasteiger partial charge in [-0.3, -0.25) is 14.6 Å². The Morgan fingerprint density at radius 2 is 1.70 bits per heavy atom. The standard InChI is InChI=1S/C18H21N3O2/c1-12-5-7-14(8-6-12)16-10-9-15(13(2)20-16)18(23)19-11-17(22)21(3)4/h5-10H,11H2,1-4H3,(H,19,23). The molecule has 0 bridgehead atoms. The number of pyridine rings is 1. The highest BCUT2D eigenvalue weighted by molar-refractivity contribution is 5.97. The molecule has 1 aromatic heterocycles. The van der Waals surface area contributed by atoms with Crippen molar-refractivity contribution in [1.82, 2.24) is 15.2 Å². The molecule has 1 heterocycles. The lowest BCUT2D eigenvalue weighted by Crippen LogP contribution is -2.36. The van der Waals surface area contributed by atoms with Crippen molar-refractivity contribution in [3.05, 3.63) is 53.2 Å². The lowest BCUT2D eigenvalue weighted by atomic mass is 10.1. The molecule has 23 heavy (non-hydrogen) atoms. The molecule has 2 aromatic rings. The van der Waals surface area contributed by atoms with Gasteiger partial charge in [-0.05, 0) is 26.0 Å². The zero-order chi connectivity index (χ0) is 17.0. The van der Waals surface area contributed by atoms with Crippen molar-refractivity contribution in [2.75, 3.05) is 20.6 Å². The number of carbonyl (C=O) groups excluding carboxylic acids is 2. The van der Waals surface area contributed by atoms with E-state index in [1.54, 1.807) is 27.1 Å². The van der Waals surface area contributed by atoms with Gasteiger partial charge in [0.05, 0.1) is 23.5 Å². The molecular weight excluding hydrogens is 290 g/mol. The maximum atomic E-state index is 12.2. The van der Waals surface area contributed by atoms with Gasteiger partial charge in [0, 0.05) is 19.7 Å². The fraction of sp³-hybridized carbons (Fsp3) is 0.278. The molecule has 2 amide bonds. The van der Waals surface area contributed by atoms with Crippen molar-refractivity contribution in [2.24, 2.45) is 0 Å². The summed E-state index contributed by atoms with van der Waals surface area (Å²) in [6.07, 6.45) is 0. The van der Waals surface area contributed by atoms with Crippen LogP contribution in [-0.2, 0) is 4.79 Å². The SMILES string of the molecule is Cc1ccc(-c2ccc(C(=O)NCC(=O)N(C)C)c(C)n2)cc1. The molecule has 1 N–H and O–H groups in total. The Hall–Kier alpha value is -2.69. The number of likely N-dealkylation sites (N-methyl/N-ethyl adjacent to an activating group) is 1. The van der Waals surface area contributed by atoms with Crippen LogP contribution in [0, 0.1) is 13.8 Å². The highest BCUT2D eigenvalue weighted by atomic mass is 16.2. The minimum atomic E-state index is -0.291. The zero-order valence-electron chi connectivity index (χ0n) is 13.9. The van der Waals surface area contributed by atoms with Crippen molar-refractivity contribution in [1.29, 1.82) is 0 Å². The lowest BCUT2D eigenvalue weighted by molar-refractivity contribution is -0.127. The number of rotatable bonds is 4. The minimum absolute atomic E-state index is 0.0228. The summed E-state index contributed by atoms with van der Waals surface area (Å²) in [4.78, 5) is 29.6. The second-order valence-electron chi connectivity index (χ2n) is 5.67. The van der Waals surface area contributed by atoms with Crippen molar-refractivity contribution in [2.45, 2.75) is 13.8 Å². The molecule has 0 aliphatic carbocycles. The summed E-state index contributed by atoms with van der Waals surface area (Å²) in [5, 5.41) is 2.62. The van der Waals surface area contributed by atoms with Crippen molar-refractivity contribution in [3.8, 4) is 11.3 Å². The van der Waals surface area contributed by atoms with E-state index in [0.717, 1.165) is 11.3 Å². The van der Waals surface area contributed by atoms with Crippen LogP contribution in [0.3, 0.4) is 0 Å². The molecule has 120 valence electrons. The molecule has 0 atom stereocenters. The third kappa shape index (κ3) is 4.16. The third-order valence-electron chi connectivity index (χ3n) is 3.58. The lowest BCUT2D eigenvalue weighted by Gasteiger charge is -2.12. The first-order valence-corrected chi connectivity index (χ1v) is 7.41. The Morgan fingerprint density at radius 3 is 2.26 bits per heavy atom. The molecule has 1 aromatic carbocycles. The van der Waals surface area contributed by atoms with Crippen LogP contribution in [0.25, 0.3) is 11.3 Å². The van der Waals surface area contributed by atoms with E-state index in [2.05, 4.69) is 10.3 Å². The average molecular weight is 311 g/mol. The fourth-order valence-electron chi connectivity index (χ4n) is 2.10. The zero-order valence-corrected chi connectivity index (χ0v) is 13.9. The average Bonchev–Trinajstić information content (AvgIpc) is 2.52. The summed E-state index contributed by atoms with van der Waals surface area (Å²) < 4.78 is 0. The predicted octanol–water partition coefficient (Wildman–Crippen LogP) is 2.18. The molecular formula is C18H21N3O2. The van der Waals surface area contributed by atoms with Crippen LogP contribution in [0.2, 0.25) is 0 Å². The van der Waals surface area contributed by atoms with Crippen LogP contribution in [0.4, 0.5) is 0 Å². The first-order valence-electron chi connectivity index (χ1n) is 7.41. The van der Waals surface area contributed by atoms with Crippen LogP contribution in [0.1, 0.15) is 21.6 Å². The van der Waals surface area contributed by atoms with Crippen LogP contribution in [0.5, 0.6) is 0 Å². The van der Waals surface area contributed by atoms with Gasteiger partial charge < -0.3 is 10.2 Å². The predicted molar refractivity (Wildman–Crippen MR) is 90.2 cm³/mol. The number of aromatic nitrogens is 1. The van der Waals surface area contributed by atoms with Gasteiger partial charge in [0.2, 0.25) is 5.91 Å². The first kappa shape index (κ1) is 16.7. The summed E-state index contributed by atoms with van der Waals surface area (Å²) >= 11 is 0. The molecule has 0 spiro atoms. The van der Waals surface area contributed by atoms with Gasteiger partial charge in [0.1, 0.15) is 0 Å². The smallest absolute Gasteiger partial charge is 0.253 e. The first-order chi connectivity index (χ1) is 10.9. The van der Waals surface area contributed by atoms with E-state index in [-0.39, 0.29) is 18.4 Å². The molecule has 0 saturated heterocycles. The quantitative estimate of drug-likeness (QED) is 0.941. The van der Waals surface area contributed by atoms with Gasteiger partial charge in [-0.25, -0.2) is 0 Å².